The summed E-state index contributed by atoms with van der Waals surface area (Å²) >= 11 is 0. The van der Waals surface area contributed by atoms with Crippen LogP contribution in [0.5, 0.6) is 0 Å². The lowest BCUT2D eigenvalue weighted by molar-refractivity contribution is -0.126. The first kappa shape index (κ1) is 33.2. The van der Waals surface area contributed by atoms with Crippen molar-refractivity contribution in [3.05, 3.63) is 96.6 Å². The van der Waals surface area contributed by atoms with Gasteiger partial charge in [-0.2, -0.15) is 0 Å². The van der Waals surface area contributed by atoms with Crippen LogP contribution in [0.15, 0.2) is 85.5 Å². The van der Waals surface area contributed by atoms with Crippen LogP contribution in [-0.4, -0.2) is 46.8 Å². The summed E-state index contributed by atoms with van der Waals surface area (Å²) in [6.07, 6.45) is 14.8. The highest BCUT2D eigenvalue weighted by Gasteiger charge is 2.32. The second-order valence-corrected chi connectivity index (χ2v) is 11.3. The summed E-state index contributed by atoms with van der Waals surface area (Å²) in [7, 11) is 0. The summed E-state index contributed by atoms with van der Waals surface area (Å²) in [6, 6.07) is 20.1. The minimum atomic E-state index is -0.784. The van der Waals surface area contributed by atoms with Gasteiger partial charge in [-0.3, -0.25) is 0 Å². The first-order valence-electron chi connectivity index (χ1n) is 15.7. The monoisotopic (exact) mass is 564 g/mol. The molecule has 0 fully saturated rings. The highest BCUT2D eigenvalue weighted by molar-refractivity contribution is 5.14. The Bertz CT molecular complexity index is 962. The fourth-order valence-corrected chi connectivity index (χ4v) is 5.34. The Labute approximate surface area is 248 Å². The number of aliphatic hydroxyl groups excluding tert-OH is 2. The van der Waals surface area contributed by atoms with Gasteiger partial charge in [0.1, 0.15) is 6.10 Å². The molecule has 41 heavy (non-hydrogen) atoms. The summed E-state index contributed by atoms with van der Waals surface area (Å²) in [4.78, 5) is 0. The zero-order chi connectivity index (χ0) is 29.1. The molecule has 0 saturated heterocycles. The van der Waals surface area contributed by atoms with Gasteiger partial charge in [0.25, 0.3) is 0 Å². The Hall–Kier alpha value is -2.28. The fraction of sp³-hybridized carbons (Fsp3) is 0.556. The van der Waals surface area contributed by atoms with Gasteiger partial charge in [-0.25, -0.2) is 0 Å². The number of hydrogen-bond acceptors (Lipinski definition) is 5. The van der Waals surface area contributed by atoms with E-state index >= 15 is 0 Å². The van der Waals surface area contributed by atoms with Gasteiger partial charge in [-0.05, 0) is 30.4 Å². The molecule has 226 valence electrons. The number of benzene rings is 2. The van der Waals surface area contributed by atoms with Gasteiger partial charge in [0, 0.05) is 0 Å². The highest BCUT2D eigenvalue weighted by Crippen LogP contribution is 2.26. The van der Waals surface area contributed by atoms with Crippen molar-refractivity contribution in [2.24, 2.45) is 0 Å². The van der Waals surface area contributed by atoms with Crippen molar-refractivity contribution in [3.8, 4) is 0 Å². The number of rotatable bonds is 21. The van der Waals surface area contributed by atoms with Crippen LogP contribution in [0, 0.1) is 0 Å². The van der Waals surface area contributed by atoms with Crippen molar-refractivity contribution >= 4 is 0 Å². The van der Waals surface area contributed by atoms with Crippen LogP contribution in [0.2, 0.25) is 0 Å². The van der Waals surface area contributed by atoms with Crippen LogP contribution in [-0.2, 0) is 27.4 Å². The number of ether oxygens (including phenoxy) is 3. The van der Waals surface area contributed by atoms with E-state index in [0.29, 0.717) is 26.1 Å². The minimum absolute atomic E-state index is 0.239. The third-order valence-electron chi connectivity index (χ3n) is 7.89. The summed E-state index contributed by atoms with van der Waals surface area (Å²) in [5.41, 5.74) is 2.15. The Morgan fingerprint density at radius 3 is 2.00 bits per heavy atom. The van der Waals surface area contributed by atoms with Crippen LogP contribution in [0.1, 0.15) is 88.7 Å². The molecule has 0 bridgehead atoms. The molecular formula is C36H52O5. The second-order valence-electron chi connectivity index (χ2n) is 11.3. The Morgan fingerprint density at radius 1 is 0.805 bits per heavy atom. The Morgan fingerprint density at radius 2 is 1.39 bits per heavy atom. The second kappa shape index (κ2) is 19.8. The predicted octanol–water partition coefficient (Wildman–Crippen LogP) is 7.70. The zero-order valence-electron chi connectivity index (χ0n) is 25.0. The molecule has 1 aliphatic heterocycles. The molecule has 0 amide bonds. The molecular weight excluding hydrogens is 512 g/mol. The highest BCUT2D eigenvalue weighted by atomic mass is 16.6. The van der Waals surface area contributed by atoms with E-state index in [1.807, 2.05) is 60.7 Å². The molecule has 2 N–H and O–H groups in total. The molecule has 0 unspecified atom stereocenters. The molecule has 2 aromatic rings. The van der Waals surface area contributed by atoms with E-state index in [-0.39, 0.29) is 18.3 Å². The van der Waals surface area contributed by atoms with Crippen molar-refractivity contribution in [2.45, 2.75) is 127 Å². The molecule has 5 nitrogen and oxygen atoms in total. The first-order chi connectivity index (χ1) is 20.1. The Balaban J connectivity index is 1.58. The quantitative estimate of drug-likeness (QED) is 0.120. The Kier molecular flexibility index (Phi) is 16.0. The average molecular weight is 565 g/mol. The van der Waals surface area contributed by atoms with Crippen LogP contribution in [0.25, 0.3) is 0 Å². The molecule has 3 rings (SSSR count). The van der Waals surface area contributed by atoms with Gasteiger partial charge >= 0.3 is 0 Å². The van der Waals surface area contributed by atoms with Gasteiger partial charge in [0.15, 0.2) is 0 Å². The molecule has 0 aromatic heterocycles. The predicted molar refractivity (Wildman–Crippen MR) is 167 cm³/mol. The molecule has 2 aromatic carbocycles. The van der Waals surface area contributed by atoms with Gasteiger partial charge in [0.05, 0.1) is 43.7 Å². The van der Waals surface area contributed by atoms with Crippen molar-refractivity contribution in [1.29, 1.82) is 0 Å². The number of hydrogen-bond donors (Lipinski definition) is 2. The lowest BCUT2D eigenvalue weighted by Gasteiger charge is -2.35. The van der Waals surface area contributed by atoms with E-state index in [9.17, 15) is 10.2 Å². The van der Waals surface area contributed by atoms with Crippen LogP contribution in [0.3, 0.4) is 0 Å². The van der Waals surface area contributed by atoms with Gasteiger partial charge < -0.3 is 24.4 Å². The topological polar surface area (TPSA) is 68.2 Å². The molecule has 6 atom stereocenters. The third-order valence-corrected chi connectivity index (χ3v) is 7.89. The molecule has 0 aliphatic carbocycles. The van der Waals surface area contributed by atoms with E-state index in [0.717, 1.165) is 24.0 Å². The van der Waals surface area contributed by atoms with E-state index in [1.54, 1.807) is 0 Å². The minimum Gasteiger partial charge on any atom is -0.386 e. The number of unbranched alkanes of at least 4 members (excludes halogenated alkanes) is 7. The smallest absolute Gasteiger partial charge is 0.102 e. The van der Waals surface area contributed by atoms with Gasteiger partial charge in [0.2, 0.25) is 0 Å². The van der Waals surface area contributed by atoms with Gasteiger partial charge in [-0.1, -0.05) is 137 Å². The summed E-state index contributed by atoms with van der Waals surface area (Å²) in [6.45, 7) is 6.91. The van der Waals surface area contributed by atoms with E-state index < -0.39 is 18.3 Å². The maximum atomic E-state index is 10.7. The maximum absolute atomic E-state index is 10.7. The standard InChI is InChI=1S/C36H52O5/c1-3-5-6-7-8-9-10-17-22-34-32(38)23-24-36(41-34)35(40-28-30-20-15-12-16-21-30)26-25-33(31(37)4-2)39-27-29-18-13-11-14-19-29/h4,11-16,18-21,23-24,31-38H,2-3,5-10,17,22,25-28H2,1H3/t31-,32+,33-,34-,35-,36-/m0/s1. The summed E-state index contributed by atoms with van der Waals surface area (Å²) < 4.78 is 19.1. The third kappa shape index (κ3) is 12.6. The SMILES string of the molecule is C=C[C@H](O)[C@H](CC[C@H](OCc1ccccc1)[C@@H]1C=C[C@@H](O)[C@H](CCCCCCCCCC)O1)OCc1ccccc1. The zero-order valence-corrected chi connectivity index (χ0v) is 25.0. The van der Waals surface area contributed by atoms with Gasteiger partial charge in [-0.15, -0.1) is 6.58 Å². The number of aliphatic hydroxyl groups is 2. The normalized spacial score (nSPS) is 20.9. The fourth-order valence-electron chi connectivity index (χ4n) is 5.34. The molecule has 1 heterocycles. The van der Waals surface area contributed by atoms with Crippen LogP contribution < -0.4 is 0 Å². The van der Waals surface area contributed by atoms with Crippen molar-refractivity contribution in [3.63, 3.8) is 0 Å². The van der Waals surface area contributed by atoms with E-state index in [4.69, 9.17) is 14.2 Å². The molecule has 0 saturated carbocycles. The average Bonchev–Trinajstić information content (AvgIpc) is 3.01. The molecule has 0 spiro atoms. The van der Waals surface area contributed by atoms with Crippen LogP contribution >= 0.6 is 0 Å². The summed E-state index contributed by atoms with van der Waals surface area (Å²) in [5, 5.41) is 21.3. The largest absolute Gasteiger partial charge is 0.386 e. The molecule has 5 heteroatoms. The lowest BCUT2D eigenvalue weighted by atomic mass is 9.97. The first-order valence-corrected chi connectivity index (χ1v) is 15.7. The van der Waals surface area contributed by atoms with Crippen molar-refractivity contribution in [2.75, 3.05) is 0 Å². The molecule has 0 radical (unpaired) electrons. The van der Waals surface area contributed by atoms with Crippen molar-refractivity contribution < 1.29 is 24.4 Å². The lowest BCUT2D eigenvalue weighted by Crippen LogP contribution is -2.42. The summed E-state index contributed by atoms with van der Waals surface area (Å²) in [5.74, 6) is 0. The van der Waals surface area contributed by atoms with Crippen molar-refractivity contribution in [1.82, 2.24) is 0 Å². The van der Waals surface area contributed by atoms with Crippen LogP contribution in [0.4, 0.5) is 0 Å². The molecule has 1 aliphatic rings. The maximum Gasteiger partial charge on any atom is 0.102 e. The van der Waals surface area contributed by atoms with E-state index in [2.05, 4.69) is 25.6 Å². The van der Waals surface area contributed by atoms with E-state index in [1.165, 1.54) is 51.0 Å².